The monoisotopic (exact) mass is 266 g/mol. The number of methoxy groups -OCH3 is 2. The van der Waals surface area contributed by atoms with Crippen LogP contribution < -0.4 is 4.74 Å². The largest absolute Gasteiger partial charge is 0.495 e. The topological polar surface area (TPSA) is 53.4 Å². The third kappa shape index (κ3) is 2.31. The first kappa shape index (κ1) is 12.4. The molecule has 1 aromatic carbocycles. The van der Waals surface area contributed by atoms with Gasteiger partial charge in [0.25, 0.3) is 0 Å². The highest BCUT2D eigenvalue weighted by Gasteiger charge is 2.11. The molecule has 0 bridgehead atoms. The first-order valence-corrected chi connectivity index (χ1v) is 5.49. The number of hydrogen-bond acceptors (Lipinski definition) is 4. The van der Waals surface area contributed by atoms with E-state index < -0.39 is 5.97 Å². The molecule has 0 N–H and O–H groups in total. The molecule has 18 heavy (non-hydrogen) atoms. The Morgan fingerprint density at radius 1 is 1.39 bits per heavy atom. The van der Waals surface area contributed by atoms with Crippen LogP contribution in [0.15, 0.2) is 30.7 Å². The van der Waals surface area contributed by atoms with E-state index in [0.717, 1.165) is 5.69 Å². The second-order valence-corrected chi connectivity index (χ2v) is 3.87. The summed E-state index contributed by atoms with van der Waals surface area (Å²) in [5.74, 6) is 0.121. The van der Waals surface area contributed by atoms with E-state index in [1.807, 2.05) is 0 Å². The first-order valence-electron chi connectivity index (χ1n) is 5.12. The van der Waals surface area contributed by atoms with Crippen LogP contribution in [0, 0.1) is 0 Å². The number of ether oxygens (including phenoxy) is 2. The summed E-state index contributed by atoms with van der Waals surface area (Å²) in [6.45, 7) is 0. The Bertz CT molecular complexity index is 580. The summed E-state index contributed by atoms with van der Waals surface area (Å²) in [5.41, 5.74) is 1.16. The van der Waals surface area contributed by atoms with E-state index in [0.29, 0.717) is 16.5 Å². The molecule has 2 rings (SSSR count). The second-order valence-electron chi connectivity index (χ2n) is 3.48. The van der Waals surface area contributed by atoms with Gasteiger partial charge in [0.15, 0.2) is 0 Å². The van der Waals surface area contributed by atoms with Crippen LogP contribution in [0.2, 0.25) is 5.15 Å². The van der Waals surface area contributed by atoms with Crippen molar-refractivity contribution in [1.29, 1.82) is 0 Å². The number of nitrogens with zero attached hydrogens (tertiary/aromatic N) is 2. The lowest BCUT2D eigenvalue weighted by atomic mass is 10.2. The number of esters is 1. The molecule has 0 saturated heterocycles. The molecule has 0 atom stereocenters. The fourth-order valence-corrected chi connectivity index (χ4v) is 1.72. The van der Waals surface area contributed by atoms with E-state index in [2.05, 4.69) is 9.72 Å². The van der Waals surface area contributed by atoms with Crippen molar-refractivity contribution in [1.82, 2.24) is 9.55 Å². The van der Waals surface area contributed by atoms with Crippen LogP contribution >= 0.6 is 11.6 Å². The van der Waals surface area contributed by atoms with Crippen molar-refractivity contribution in [2.75, 3.05) is 14.2 Å². The van der Waals surface area contributed by atoms with E-state index >= 15 is 0 Å². The Morgan fingerprint density at radius 2 is 2.17 bits per heavy atom. The Balaban J connectivity index is 2.46. The van der Waals surface area contributed by atoms with Crippen LogP contribution in [0.5, 0.6) is 5.75 Å². The summed E-state index contributed by atoms with van der Waals surface area (Å²) in [6.07, 6.45) is 3.22. The van der Waals surface area contributed by atoms with Gasteiger partial charge in [-0.25, -0.2) is 9.78 Å². The van der Waals surface area contributed by atoms with Crippen LogP contribution in [0.4, 0.5) is 0 Å². The van der Waals surface area contributed by atoms with Crippen molar-refractivity contribution in [2.24, 2.45) is 0 Å². The highest BCUT2D eigenvalue weighted by atomic mass is 35.5. The van der Waals surface area contributed by atoms with E-state index in [4.69, 9.17) is 16.3 Å². The zero-order valence-corrected chi connectivity index (χ0v) is 10.6. The van der Waals surface area contributed by atoms with Gasteiger partial charge in [0.1, 0.15) is 17.2 Å². The third-order valence-corrected chi connectivity index (χ3v) is 2.63. The number of carbonyl (C=O) groups excluding carboxylic acids is 1. The number of hydrogen-bond donors (Lipinski definition) is 0. The summed E-state index contributed by atoms with van der Waals surface area (Å²) in [5, 5.41) is 0.383. The molecule has 0 spiro atoms. The quantitative estimate of drug-likeness (QED) is 0.800. The van der Waals surface area contributed by atoms with Crippen LogP contribution in [0.3, 0.4) is 0 Å². The number of carbonyl (C=O) groups is 1. The van der Waals surface area contributed by atoms with Crippen LogP contribution in [-0.2, 0) is 4.74 Å². The number of rotatable bonds is 3. The van der Waals surface area contributed by atoms with Gasteiger partial charge < -0.3 is 14.0 Å². The lowest BCUT2D eigenvalue weighted by Crippen LogP contribution is -2.03. The van der Waals surface area contributed by atoms with Gasteiger partial charge in [0.05, 0.1) is 25.5 Å². The number of aromatic nitrogens is 2. The molecule has 0 fully saturated rings. The van der Waals surface area contributed by atoms with Gasteiger partial charge in [-0.3, -0.25) is 0 Å². The highest BCUT2D eigenvalue weighted by Crippen LogP contribution is 2.25. The number of halogens is 1. The molecule has 2 aromatic rings. The summed E-state index contributed by atoms with van der Waals surface area (Å²) >= 11 is 5.76. The van der Waals surface area contributed by atoms with Gasteiger partial charge in [-0.1, -0.05) is 11.6 Å². The lowest BCUT2D eigenvalue weighted by molar-refractivity contribution is 0.0600. The molecule has 0 aliphatic heterocycles. The lowest BCUT2D eigenvalue weighted by Gasteiger charge is -2.10. The standard InChI is InChI=1S/C12H11ClN2O3/c1-17-10-5-8(12(16)18-2)3-4-9(10)15-6-11(13)14-7-15/h3-7H,1-2H3. The second kappa shape index (κ2) is 5.10. The molecule has 1 aromatic heterocycles. The maximum absolute atomic E-state index is 11.4. The Morgan fingerprint density at radius 3 is 2.72 bits per heavy atom. The Hall–Kier alpha value is -2.01. The molecule has 1 heterocycles. The molecule has 0 amide bonds. The molecule has 94 valence electrons. The molecule has 0 aliphatic carbocycles. The summed E-state index contributed by atoms with van der Waals surface area (Å²) < 4.78 is 11.6. The summed E-state index contributed by atoms with van der Waals surface area (Å²) in [7, 11) is 2.86. The predicted octanol–water partition coefficient (Wildman–Crippen LogP) is 2.32. The average Bonchev–Trinajstić information content (AvgIpc) is 2.83. The van der Waals surface area contributed by atoms with E-state index in [-0.39, 0.29) is 0 Å². The van der Waals surface area contributed by atoms with Gasteiger partial charge in [-0.15, -0.1) is 0 Å². The Labute approximate surface area is 109 Å². The van der Waals surface area contributed by atoms with Crippen molar-refractivity contribution in [3.63, 3.8) is 0 Å². The minimum Gasteiger partial charge on any atom is -0.495 e. The maximum Gasteiger partial charge on any atom is 0.337 e. The molecule has 0 saturated carbocycles. The zero-order valence-electron chi connectivity index (χ0n) is 9.88. The Kier molecular flexibility index (Phi) is 3.53. The van der Waals surface area contributed by atoms with Crippen molar-refractivity contribution in [2.45, 2.75) is 0 Å². The van der Waals surface area contributed by atoms with Crippen molar-refractivity contribution >= 4 is 17.6 Å². The van der Waals surface area contributed by atoms with E-state index in [1.165, 1.54) is 14.2 Å². The molecular formula is C12H11ClN2O3. The first-order chi connectivity index (χ1) is 8.65. The fourth-order valence-electron chi connectivity index (χ4n) is 1.57. The van der Waals surface area contributed by atoms with E-state index in [1.54, 1.807) is 35.3 Å². The van der Waals surface area contributed by atoms with Gasteiger partial charge >= 0.3 is 5.97 Å². The predicted molar refractivity (Wildman–Crippen MR) is 66.5 cm³/mol. The van der Waals surface area contributed by atoms with Gasteiger partial charge in [0.2, 0.25) is 0 Å². The van der Waals surface area contributed by atoms with Crippen LogP contribution in [0.25, 0.3) is 5.69 Å². The van der Waals surface area contributed by atoms with Gasteiger partial charge in [-0.2, -0.15) is 0 Å². The molecule has 0 aliphatic rings. The normalized spacial score (nSPS) is 10.2. The fraction of sp³-hybridized carbons (Fsp3) is 0.167. The summed E-state index contributed by atoms with van der Waals surface area (Å²) in [4.78, 5) is 15.3. The van der Waals surface area contributed by atoms with Crippen molar-refractivity contribution in [3.05, 3.63) is 41.4 Å². The molecule has 0 unspecified atom stereocenters. The molecule has 6 heteroatoms. The third-order valence-electron chi connectivity index (χ3n) is 2.43. The summed E-state index contributed by atoms with van der Waals surface area (Å²) in [6, 6.07) is 5.00. The highest BCUT2D eigenvalue weighted by molar-refractivity contribution is 6.29. The SMILES string of the molecule is COC(=O)c1ccc(-n2cnc(Cl)c2)c(OC)c1. The zero-order chi connectivity index (χ0) is 13.1. The number of imidazole rings is 1. The molecule has 0 radical (unpaired) electrons. The maximum atomic E-state index is 11.4. The van der Waals surface area contributed by atoms with E-state index in [9.17, 15) is 4.79 Å². The molecule has 5 nitrogen and oxygen atoms in total. The van der Waals surface area contributed by atoms with Gasteiger partial charge in [0, 0.05) is 6.20 Å². The number of benzene rings is 1. The molecular weight excluding hydrogens is 256 g/mol. The smallest absolute Gasteiger partial charge is 0.337 e. The van der Waals surface area contributed by atoms with Crippen LogP contribution in [-0.4, -0.2) is 29.7 Å². The van der Waals surface area contributed by atoms with Crippen molar-refractivity contribution in [3.8, 4) is 11.4 Å². The van der Waals surface area contributed by atoms with Gasteiger partial charge in [-0.05, 0) is 18.2 Å². The minimum absolute atomic E-state index is 0.383. The average molecular weight is 267 g/mol. The van der Waals surface area contributed by atoms with Crippen LogP contribution in [0.1, 0.15) is 10.4 Å². The van der Waals surface area contributed by atoms with Crippen molar-refractivity contribution < 1.29 is 14.3 Å². The minimum atomic E-state index is -0.413.